The molecule has 3 N–H and O–H groups in total. The first-order valence-corrected chi connectivity index (χ1v) is 9.10. The van der Waals surface area contributed by atoms with Gasteiger partial charge in [0.15, 0.2) is 17.5 Å². The van der Waals surface area contributed by atoms with Crippen LogP contribution in [0.25, 0.3) is 11.3 Å². The fraction of sp³-hybridized carbons (Fsp3) is 0.238. The van der Waals surface area contributed by atoms with Crippen LogP contribution < -0.4 is 20.1 Å². The van der Waals surface area contributed by atoms with E-state index in [9.17, 15) is 0 Å². The summed E-state index contributed by atoms with van der Waals surface area (Å²) in [5.74, 6) is 2.79. The number of anilines is 1. The lowest BCUT2D eigenvalue weighted by Crippen LogP contribution is -2.30. The highest BCUT2D eigenvalue weighted by Crippen LogP contribution is 2.29. The van der Waals surface area contributed by atoms with Crippen molar-refractivity contribution < 1.29 is 9.47 Å². The maximum absolute atomic E-state index is 5.35. The Hall–Kier alpha value is -2.75. The number of H-pyrrole nitrogens is 1. The molecule has 0 aliphatic carbocycles. The molecule has 1 aromatic heterocycles. The van der Waals surface area contributed by atoms with E-state index in [1.807, 2.05) is 61.7 Å². The van der Waals surface area contributed by atoms with Crippen LogP contribution in [0.2, 0.25) is 0 Å². The summed E-state index contributed by atoms with van der Waals surface area (Å²) in [7, 11) is 3.23. The summed E-state index contributed by atoms with van der Waals surface area (Å²) >= 11 is 0. The van der Waals surface area contributed by atoms with Crippen molar-refractivity contribution in [2.45, 2.75) is 13.5 Å². The summed E-state index contributed by atoms with van der Waals surface area (Å²) in [6.45, 7) is 3.19. The second-order valence-corrected chi connectivity index (χ2v) is 6.00. The van der Waals surface area contributed by atoms with Crippen LogP contribution >= 0.6 is 24.0 Å². The summed E-state index contributed by atoms with van der Waals surface area (Å²) in [5.41, 5.74) is 2.92. The van der Waals surface area contributed by atoms with E-state index in [0.717, 1.165) is 29.3 Å². The van der Waals surface area contributed by atoms with Gasteiger partial charge < -0.3 is 25.1 Å². The van der Waals surface area contributed by atoms with Crippen LogP contribution in [0, 0.1) is 0 Å². The number of guanidine groups is 1. The zero-order chi connectivity index (χ0) is 19.8. The van der Waals surface area contributed by atoms with Crippen LogP contribution in [-0.2, 0) is 6.54 Å². The predicted octanol–water partition coefficient (Wildman–Crippen LogP) is 4.29. The number of ether oxygens (including phenoxy) is 2. The molecule has 0 amide bonds. The summed E-state index contributed by atoms with van der Waals surface area (Å²) in [6, 6.07) is 15.7. The first-order valence-electron chi connectivity index (χ1n) is 9.10. The largest absolute Gasteiger partial charge is 0.493 e. The van der Waals surface area contributed by atoms with E-state index in [4.69, 9.17) is 9.47 Å². The first-order chi connectivity index (χ1) is 13.7. The minimum absolute atomic E-state index is 0. The quantitative estimate of drug-likeness (QED) is 0.253. The fourth-order valence-electron chi connectivity index (χ4n) is 2.72. The van der Waals surface area contributed by atoms with Gasteiger partial charge in [-0.3, -0.25) is 0 Å². The number of imidazole rings is 1. The van der Waals surface area contributed by atoms with Gasteiger partial charge in [-0.05, 0) is 24.6 Å². The molecule has 0 fully saturated rings. The molecule has 0 bridgehead atoms. The van der Waals surface area contributed by atoms with E-state index in [0.29, 0.717) is 24.0 Å². The highest BCUT2D eigenvalue weighted by atomic mass is 127. The number of aromatic nitrogens is 2. The second kappa shape index (κ2) is 11.3. The number of nitrogens with one attached hydrogen (secondary N) is 3. The maximum atomic E-state index is 5.35. The Kier molecular flexibility index (Phi) is 8.78. The number of aliphatic imine (C=N–C) groups is 1. The molecule has 0 unspecified atom stereocenters. The molecule has 0 spiro atoms. The number of hydrogen-bond donors (Lipinski definition) is 3. The standard InChI is InChI=1S/C21H25N5O2.HI/c1-4-22-21(25-16-10-11-18(27-2)19(12-16)28-3)24-14-20-23-13-17(26-20)15-8-6-5-7-9-15;/h5-13H,4,14H2,1-3H3,(H,23,26)(H2,22,24,25);1H. The lowest BCUT2D eigenvalue weighted by atomic mass is 10.2. The molecule has 154 valence electrons. The van der Waals surface area contributed by atoms with Crippen LogP contribution in [0.4, 0.5) is 5.69 Å². The highest BCUT2D eigenvalue weighted by Gasteiger charge is 2.07. The fourth-order valence-corrected chi connectivity index (χ4v) is 2.72. The summed E-state index contributed by atoms with van der Waals surface area (Å²) in [5, 5.41) is 6.51. The molecule has 3 aromatic rings. The Morgan fingerprint density at radius 3 is 2.52 bits per heavy atom. The van der Waals surface area contributed by atoms with E-state index < -0.39 is 0 Å². The average Bonchev–Trinajstić information content (AvgIpc) is 3.22. The van der Waals surface area contributed by atoms with E-state index in [1.165, 1.54) is 0 Å². The van der Waals surface area contributed by atoms with Crippen molar-refractivity contribution in [1.82, 2.24) is 15.3 Å². The minimum atomic E-state index is 0. The molecule has 8 heteroatoms. The summed E-state index contributed by atoms with van der Waals surface area (Å²) < 4.78 is 10.6. The normalized spacial score (nSPS) is 10.8. The molecule has 29 heavy (non-hydrogen) atoms. The predicted molar refractivity (Wildman–Crippen MR) is 127 cm³/mol. The van der Waals surface area contributed by atoms with Crippen molar-refractivity contribution in [3.8, 4) is 22.8 Å². The van der Waals surface area contributed by atoms with Crippen molar-refractivity contribution >= 4 is 35.6 Å². The van der Waals surface area contributed by atoms with Crippen LogP contribution in [0.15, 0.2) is 59.7 Å². The van der Waals surface area contributed by atoms with E-state index in [-0.39, 0.29) is 24.0 Å². The Labute approximate surface area is 188 Å². The monoisotopic (exact) mass is 507 g/mol. The average molecular weight is 507 g/mol. The molecular formula is C21H26IN5O2. The van der Waals surface area contributed by atoms with E-state index in [1.54, 1.807) is 14.2 Å². The van der Waals surface area contributed by atoms with E-state index >= 15 is 0 Å². The van der Waals surface area contributed by atoms with Crippen LogP contribution in [-0.4, -0.2) is 36.7 Å². The van der Waals surface area contributed by atoms with Crippen LogP contribution in [0.1, 0.15) is 12.7 Å². The third-order valence-electron chi connectivity index (χ3n) is 4.09. The molecule has 0 saturated heterocycles. The number of hydrogen-bond acceptors (Lipinski definition) is 4. The van der Waals surface area contributed by atoms with Gasteiger partial charge >= 0.3 is 0 Å². The Bertz CT molecular complexity index is 928. The molecule has 0 radical (unpaired) electrons. The molecule has 0 aliphatic rings. The van der Waals surface area contributed by atoms with Gasteiger partial charge in [0.2, 0.25) is 0 Å². The van der Waals surface area contributed by atoms with Crippen molar-refractivity contribution in [2.24, 2.45) is 4.99 Å². The van der Waals surface area contributed by atoms with Crippen molar-refractivity contribution in [3.05, 3.63) is 60.6 Å². The number of benzene rings is 2. The highest BCUT2D eigenvalue weighted by molar-refractivity contribution is 14.0. The Morgan fingerprint density at radius 2 is 1.83 bits per heavy atom. The molecule has 2 aromatic carbocycles. The molecule has 0 saturated carbocycles. The third-order valence-corrected chi connectivity index (χ3v) is 4.09. The van der Waals surface area contributed by atoms with Gasteiger partial charge in [0, 0.05) is 18.3 Å². The molecule has 0 atom stereocenters. The van der Waals surface area contributed by atoms with E-state index in [2.05, 4.69) is 25.6 Å². The lowest BCUT2D eigenvalue weighted by molar-refractivity contribution is 0.355. The third kappa shape index (κ3) is 6.11. The maximum Gasteiger partial charge on any atom is 0.196 e. The topological polar surface area (TPSA) is 83.6 Å². The van der Waals surface area contributed by atoms with Crippen LogP contribution in [0.3, 0.4) is 0 Å². The van der Waals surface area contributed by atoms with Gasteiger partial charge in [0.1, 0.15) is 12.4 Å². The van der Waals surface area contributed by atoms with Gasteiger partial charge in [-0.25, -0.2) is 9.98 Å². The SMILES string of the molecule is CCNC(=NCc1ncc(-c2ccccc2)[nH]1)Nc1ccc(OC)c(OC)c1.I. The molecule has 7 nitrogen and oxygen atoms in total. The Morgan fingerprint density at radius 1 is 1.07 bits per heavy atom. The molecule has 1 heterocycles. The zero-order valence-corrected chi connectivity index (χ0v) is 19.1. The van der Waals surface area contributed by atoms with Gasteiger partial charge in [-0.2, -0.15) is 0 Å². The zero-order valence-electron chi connectivity index (χ0n) is 16.7. The molecular weight excluding hydrogens is 481 g/mol. The van der Waals surface area contributed by atoms with Crippen LogP contribution in [0.5, 0.6) is 11.5 Å². The van der Waals surface area contributed by atoms with Gasteiger partial charge in [0.25, 0.3) is 0 Å². The van der Waals surface area contributed by atoms with Gasteiger partial charge in [-0.15, -0.1) is 24.0 Å². The summed E-state index contributed by atoms with van der Waals surface area (Å²) in [4.78, 5) is 12.4. The van der Waals surface area contributed by atoms with Crippen molar-refractivity contribution in [2.75, 3.05) is 26.1 Å². The van der Waals surface area contributed by atoms with Gasteiger partial charge in [0.05, 0.1) is 26.1 Å². The summed E-state index contributed by atoms with van der Waals surface area (Å²) in [6.07, 6.45) is 1.83. The molecule has 3 rings (SSSR count). The van der Waals surface area contributed by atoms with Crippen molar-refractivity contribution in [3.63, 3.8) is 0 Å². The second-order valence-electron chi connectivity index (χ2n) is 6.00. The Balaban J connectivity index is 0.00000300. The first kappa shape index (κ1) is 22.5. The number of nitrogens with zero attached hydrogens (tertiary/aromatic N) is 2. The van der Waals surface area contributed by atoms with Crippen molar-refractivity contribution in [1.29, 1.82) is 0 Å². The molecule has 0 aliphatic heterocycles. The lowest BCUT2D eigenvalue weighted by Gasteiger charge is -2.13. The number of aromatic amines is 1. The smallest absolute Gasteiger partial charge is 0.196 e. The minimum Gasteiger partial charge on any atom is -0.493 e. The number of halogens is 1. The number of rotatable bonds is 7. The number of methoxy groups -OCH3 is 2. The van der Waals surface area contributed by atoms with Gasteiger partial charge in [-0.1, -0.05) is 30.3 Å².